The van der Waals surface area contributed by atoms with Crippen molar-refractivity contribution in [2.75, 3.05) is 12.4 Å². The Balaban J connectivity index is 1.13. The van der Waals surface area contributed by atoms with Crippen molar-refractivity contribution < 1.29 is 43.3 Å². The van der Waals surface area contributed by atoms with Crippen LogP contribution < -0.4 is 5.32 Å². The number of tetrazole rings is 1. The van der Waals surface area contributed by atoms with Crippen LogP contribution >= 0.6 is 11.8 Å². The number of aliphatic hydroxyl groups is 1. The highest BCUT2D eigenvalue weighted by Gasteiger charge is 2.55. The number of rotatable bonds is 18. The predicted octanol–water partition coefficient (Wildman–Crippen LogP) is 4.31. The highest BCUT2D eigenvalue weighted by atomic mass is 32.2. The molecule has 0 spiro atoms. The van der Waals surface area contributed by atoms with Gasteiger partial charge in [-0.05, 0) is 38.2 Å². The number of benzene rings is 5. The number of nitrogens with zero attached hydrogens (tertiary/aromatic N) is 5. The molecule has 1 aromatic heterocycles. The van der Waals surface area contributed by atoms with Crippen molar-refractivity contribution in [2.24, 2.45) is 7.05 Å². The zero-order valence-electron chi connectivity index (χ0n) is 32.7. The summed E-state index contributed by atoms with van der Waals surface area (Å²) in [5.74, 6) is -6.13. The van der Waals surface area contributed by atoms with Crippen LogP contribution in [0, 0.1) is 0 Å². The number of aryl methyl sites for hydroxylation is 1. The summed E-state index contributed by atoms with van der Waals surface area (Å²) in [7, 11) is 1.61. The van der Waals surface area contributed by atoms with E-state index in [0.29, 0.717) is 32.3 Å². The maximum atomic E-state index is 14.3. The summed E-state index contributed by atoms with van der Waals surface area (Å²) in [6.45, 7) is -0.600. The van der Waals surface area contributed by atoms with Gasteiger partial charge in [0.15, 0.2) is 36.2 Å². The molecule has 0 bridgehead atoms. The number of carbonyl (C=O) groups is 5. The number of Topliss-reactive ketones (excluding diaryl/α,β-unsaturated/α-hetero) is 1. The average molecular weight is 841 g/mol. The van der Waals surface area contributed by atoms with Crippen molar-refractivity contribution >= 4 is 41.3 Å². The minimum Gasteiger partial charge on any atom is -0.452 e. The van der Waals surface area contributed by atoms with Crippen LogP contribution in [0.3, 0.4) is 0 Å². The molecule has 1 aliphatic heterocycles. The lowest BCUT2D eigenvalue weighted by Crippen LogP contribution is -2.75. The molecule has 0 saturated carbocycles. The standard InChI is InChI=1S/C45H40N6O9S/c1-50-45(47-48-49-50)61-28-34(52)27-58-42-36(40(54)51(42)41(55)44(57)60-38(32-23-13-5-14-24-32)33-25-15-6-16-26-33)46-39(53)35(29-17-7-2-8-18-29)43(56)59-37(30-19-9-3-10-20-30)31-21-11-4-12-22-31/h2-26,35-38,41-42,55H,27-28H2,1H3,(H,46,53)/t35?,36-,41?,42-/m0/s1. The van der Waals surface area contributed by atoms with Crippen LogP contribution in [-0.4, -0.2) is 90.6 Å². The number of amides is 2. The summed E-state index contributed by atoms with van der Waals surface area (Å²) in [4.78, 5) is 70.0. The van der Waals surface area contributed by atoms with Crippen LogP contribution in [0.15, 0.2) is 157 Å². The van der Waals surface area contributed by atoms with E-state index in [4.69, 9.17) is 14.2 Å². The first-order chi connectivity index (χ1) is 29.7. The third-order valence-electron chi connectivity index (χ3n) is 9.72. The molecule has 310 valence electrons. The second kappa shape index (κ2) is 19.8. The lowest BCUT2D eigenvalue weighted by molar-refractivity contribution is -0.220. The first kappa shape index (κ1) is 42.1. The molecule has 0 radical (unpaired) electrons. The molecule has 1 saturated heterocycles. The Kier molecular flexibility index (Phi) is 13.7. The van der Waals surface area contributed by atoms with Crippen LogP contribution in [-0.2, 0) is 45.2 Å². The quantitative estimate of drug-likeness (QED) is 0.0539. The maximum absolute atomic E-state index is 14.3. The predicted molar refractivity (Wildman–Crippen MR) is 220 cm³/mol. The van der Waals surface area contributed by atoms with Gasteiger partial charge in [0.05, 0.1) is 5.75 Å². The minimum atomic E-state index is -2.22. The van der Waals surface area contributed by atoms with Gasteiger partial charge in [-0.3, -0.25) is 24.1 Å². The fraction of sp³-hybridized carbons (Fsp3) is 0.200. The van der Waals surface area contributed by atoms with Gasteiger partial charge in [0.1, 0.15) is 6.61 Å². The molecular formula is C45H40N6O9S. The summed E-state index contributed by atoms with van der Waals surface area (Å²) in [5, 5.41) is 25.5. The number of aromatic nitrogens is 4. The summed E-state index contributed by atoms with van der Waals surface area (Å²) < 4.78 is 19.2. The Morgan fingerprint density at radius 3 is 1.57 bits per heavy atom. The van der Waals surface area contributed by atoms with Gasteiger partial charge >= 0.3 is 11.9 Å². The number of β-lactam (4-membered cyclic amide) rings is 1. The molecule has 2 unspecified atom stereocenters. The topological polar surface area (TPSA) is 192 Å². The third kappa shape index (κ3) is 10.1. The van der Waals surface area contributed by atoms with Crippen molar-refractivity contribution in [1.82, 2.24) is 30.4 Å². The van der Waals surface area contributed by atoms with Crippen LogP contribution in [0.2, 0.25) is 0 Å². The fourth-order valence-electron chi connectivity index (χ4n) is 6.68. The minimum absolute atomic E-state index is 0.127. The van der Waals surface area contributed by atoms with Crippen molar-refractivity contribution in [2.45, 2.75) is 41.8 Å². The van der Waals surface area contributed by atoms with Gasteiger partial charge in [-0.25, -0.2) is 9.48 Å². The lowest BCUT2D eigenvalue weighted by Gasteiger charge is -2.47. The van der Waals surface area contributed by atoms with Crippen molar-refractivity contribution in [1.29, 1.82) is 0 Å². The number of aliphatic hydroxyl groups excluding tert-OH is 1. The van der Waals surface area contributed by atoms with Gasteiger partial charge in [0.2, 0.25) is 17.3 Å². The van der Waals surface area contributed by atoms with E-state index in [0.717, 1.165) is 11.8 Å². The number of hydrogen-bond acceptors (Lipinski definition) is 13. The highest BCUT2D eigenvalue weighted by Crippen LogP contribution is 2.32. The second-order valence-corrected chi connectivity index (χ2v) is 14.8. The first-order valence-electron chi connectivity index (χ1n) is 19.1. The smallest absolute Gasteiger partial charge is 0.357 e. The molecule has 15 nitrogen and oxygen atoms in total. The summed E-state index contributed by atoms with van der Waals surface area (Å²) in [6.07, 6.45) is -5.62. The molecule has 2 heterocycles. The van der Waals surface area contributed by atoms with Crippen LogP contribution in [0.25, 0.3) is 0 Å². The molecule has 0 aliphatic carbocycles. The zero-order valence-corrected chi connectivity index (χ0v) is 33.5. The Hall–Kier alpha value is -7.01. The number of esters is 2. The monoisotopic (exact) mass is 840 g/mol. The van der Waals surface area contributed by atoms with E-state index in [9.17, 15) is 29.1 Å². The number of hydrogen-bond donors (Lipinski definition) is 2. The highest BCUT2D eigenvalue weighted by molar-refractivity contribution is 7.99. The van der Waals surface area contributed by atoms with E-state index in [-0.39, 0.29) is 11.3 Å². The van der Waals surface area contributed by atoms with E-state index in [1.807, 2.05) is 12.1 Å². The van der Waals surface area contributed by atoms with E-state index < -0.39 is 72.8 Å². The van der Waals surface area contributed by atoms with Crippen LogP contribution in [0.1, 0.15) is 45.9 Å². The largest absolute Gasteiger partial charge is 0.452 e. The summed E-state index contributed by atoms with van der Waals surface area (Å²) in [6, 6.07) is 42.4. The SMILES string of the molecule is Cn1nnnc1SCC(=O)CO[C@H]1[C@@H](NC(=O)C(C(=O)OC(c2ccccc2)c2ccccc2)c2ccccc2)C(=O)N1C(O)C(=O)OC(c1ccccc1)c1ccccc1. The van der Waals surface area contributed by atoms with Gasteiger partial charge < -0.3 is 24.6 Å². The molecule has 4 atom stereocenters. The number of ketones is 1. The number of likely N-dealkylation sites (tertiary alicyclic amines) is 1. The molecule has 1 aliphatic rings. The van der Waals surface area contributed by atoms with Gasteiger partial charge in [-0.15, -0.1) is 5.10 Å². The van der Waals surface area contributed by atoms with Crippen molar-refractivity contribution in [3.8, 4) is 0 Å². The Bertz CT molecular complexity index is 2350. The Labute approximate surface area is 354 Å². The summed E-state index contributed by atoms with van der Waals surface area (Å²) >= 11 is 1.04. The molecule has 5 aromatic carbocycles. The molecule has 1 fully saturated rings. The Morgan fingerprint density at radius 1 is 0.689 bits per heavy atom. The third-order valence-corrected chi connectivity index (χ3v) is 10.8. The van der Waals surface area contributed by atoms with E-state index in [2.05, 4.69) is 20.8 Å². The van der Waals surface area contributed by atoms with E-state index >= 15 is 0 Å². The number of carbonyl (C=O) groups excluding carboxylic acids is 5. The second-order valence-electron chi connectivity index (χ2n) is 13.8. The first-order valence-corrected chi connectivity index (χ1v) is 20.1. The fourth-order valence-corrected chi connectivity index (χ4v) is 7.38. The van der Waals surface area contributed by atoms with Crippen LogP contribution in [0.5, 0.6) is 0 Å². The number of nitrogens with one attached hydrogen (secondary N) is 1. The van der Waals surface area contributed by atoms with Gasteiger partial charge in [-0.2, -0.15) is 0 Å². The van der Waals surface area contributed by atoms with Crippen molar-refractivity contribution in [3.63, 3.8) is 0 Å². The van der Waals surface area contributed by atoms with Crippen molar-refractivity contribution in [3.05, 3.63) is 179 Å². The van der Waals surface area contributed by atoms with Crippen LogP contribution in [0.4, 0.5) is 0 Å². The molecule has 2 N–H and O–H groups in total. The molecule has 16 heteroatoms. The number of thioether (sulfide) groups is 1. The maximum Gasteiger partial charge on any atom is 0.357 e. The average Bonchev–Trinajstić information content (AvgIpc) is 3.72. The summed E-state index contributed by atoms with van der Waals surface area (Å²) in [5.41, 5.74) is 2.79. The Morgan fingerprint density at radius 2 is 1.13 bits per heavy atom. The molecular weight excluding hydrogens is 801 g/mol. The molecule has 7 rings (SSSR count). The number of ether oxygens (including phenoxy) is 3. The molecule has 2 amide bonds. The normalized spacial score (nSPS) is 15.7. The zero-order chi connectivity index (χ0) is 42.7. The van der Waals surface area contributed by atoms with E-state index in [1.165, 1.54) is 4.68 Å². The van der Waals surface area contributed by atoms with Gasteiger partial charge in [-0.1, -0.05) is 163 Å². The lowest BCUT2D eigenvalue weighted by atomic mass is 9.95. The molecule has 6 aromatic rings. The van der Waals surface area contributed by atoms with E-state index in [1.54, 1.807) is 147 Å². The van der Waals surface area contributed by atoms with Gasteiger partial charge in [0.25, 0.3) is 5.91 Å². The molecule has 61 heavy (non-hydrogen) atoms. The van der Waals surface area contributed by atoms with Gasteiger partial charge in [0, 0.05) is 7.05 Å².